The molecule has 1 fully saturated rings. The Morgan fingerprint density at radius 2 is 2.33 bits per heavy atom. The Hall–Kier alpha value is -1.56. The average Bonchev–Trinajstić information content (AvgIpc) is 2.31. The van der Waals surface area contributed by atoms with Gasteiger partial charge in [0.25, 0.3) is 0 Å². The van der Waals surface area contributed by atoms with Gasteiger partial charge in [0.15, 0.2) is 0 Å². The van der Waals surface area contributed by atoms with Crippen molar-refractivity contribution in [1.29, 1.82) is 0 Å². The zero-order valence-corrected chi connectivity index (χ0v) is 10.2. The number of carbonyl (C=O) groups excluding carboxylic acids is 1. The fraction of sp³-hybridized carbons (Fsp3) is 0.333. The number of carboxylic acids is 1. The van der Waals surface area contributed by atoms with Gasteiger partial charge in [0, 0.05) is 5.75 Å². The van der Waals surface area contributed by atoms with Crippen LogP contribution in [0.15, 0.2) is 24.3 Å². The van der Waals surface area contributed by atoms with Gasteiger partial charge >= 0.3 is 5.97 Å². The molecule has 1 aliphatic rings. The number of amides is 1. The third-order valence-electron chi connectivity index (χ3n) is 2.68. The van der Waals surface area contributed by atoms with E-state index in [4.69, 9.17) is 5.11 Å². The summed E-state index contributed by atoms with van der Waals surface area (Å²) in [6.45, 7) is 0. The van der Waals surface area contributed by atoms with Crippen molar-refractivity contribution in [2.45, 2.75) is 17.7 Å². The van der Waals surface area contributed by atoms with Gasteiger partial charge in [0.05, 0.1) is 5.25 Å². The highest BCUT2D eigenvalue weighted by molar-refractivity contribution is 8.00. The van der Waals surface area contributed by atoms with Gasteiger partial charge in [-0.2, -0.15) is 0 Å². The summed E-state index contributed by atoms with van der Waals surface area (Å²) in [4.78, 5) is 22.4. The normalized spacial score (nSPS) is 23.5. The lowest BCUT2D eigenvalue weighted by Crippen LogP contribution is -2.51. The van der Waals surface area contributed by atoms with Crippen molar-refractivity contribution in [3.05, 3.63) is 35.6 Å². The van der Waals surface area contributed by atoms with Gasteiger partial charge in [-0.05, 0) is 24.1 Å². The summed E-state index contributed by atoms with van der Waals surface area (Å²) in [7, 11) is 0. The maximum atomic E-state index is 13.0. The molecule has 0 unspecified atom stereocenters. The van der Waals surface area contributed by atoms with Crippen molar-refractivity contribution >= 4 is 23.6 Å². The molecule has 18 heavy (non-hydrogen) atoms. The summed E-state index contributed by atoms with van der Waals surface area (Å²) < 4.78 is 13.0. The summed E-state index contributed by atoms with van der Waals surface area (Å²) >= 11 is 1.29. The molecule has 2 atom stereocenters. The first-order valence-corrected chi connectivity index (χ1v) is 6.50. The molecule has 0 spiro atoms. The Morgan fingerprint density at radius 1 is 1.56 bits per heavy atom. The molecule has 0 bridgehead atoms. The lowest BCUT2D eigenvalue weighted by molar-refractivity contribution is -0.141. The SMILES string of the molecule is O=C(O)[C@H]1CS[C@H](Cc2cccc(F)c2)C(=O)N1. The maximum absolute atomic E-state index is 13.0. The fourth-order valence-electron chi connectivity index (χ4n) is 1.76. The highest BCUT2D eigenvalue weighted by atomic mass is 32.2. The third kappa shape index (κ3) is 3.01. The molecule has 1 heterocycles. The predicted octanol–water partition coefficient (Wildman–Crippen LogP) is 1.05. The van der Waals surface area contributed by atoms with Crippen LogP contribution in [0.1, 0.15) is 5.56 Å². The van der Waals surface area contributed by atoms with E-state index in [0.29, 0.717) is 12.2 Å². The van der Waals surface area contributed by atoms with E-state index >= 15 is 0 Å². The first-order chi connectivity index (χ1) is 8.56. The molecular formula is C12H12FNO3S. The monoisotopic (exact) mass is 269 g/mol. The second-order valence-corrected chi connectivity index (χ2v) is 5.29. The quantitative estimate of drug-likeness (QED) is 0.861. The van der Waals surface area contributed by atoms with Crippen molar-refractivity contribution in [3.8, 4) is 0 Å². The van der Waals surface area contributed by atoms with Crippen molar-refractivity contribution < 1.29 is 19.1 Å². The van der Waals surface area contributed by atoms with Gasteiger partial charge < -0.3 is 10.4 Å². The number of carbonyl (C=O) groups is 2. The van der Waals surface area contributed by atoms with Crippen LogP contribution in [0.5, 0.6) is 0 Å². The molecule has 0 aliphatic carbocycles. The van der Waals surface area contributed by atoms with Crippen LogP contribution in [0.2, 0.25) is 0 Å². The number of aliphatic carboxylic acids is 1. The van der Waals surface area contributed by atoms with E-state index in [-0.39, 0.29) is 17.0 Å². The molecule has 0 radical (unpaired) electrons. The molecule has 1 amide bonds. The maximum Gasteiger partial charge on any atom is 0.327 e. The molecule has 4 nitrogen and oxygen atoms in total. The minimum Gasteiger partial charge on any atom is -0.480 e. The Bertz CT molecular complexity index is 480. The average molecular weight is 269 g/mol. The number of thioether (sulfide) groups is 1. The molecule has 1 saturated heterocycles. The van der Waals surface area contributed by atoms with Gasteiger partial charge in [0.1, 0.15) is 11.9 Å². The highest BCUT2D eigenvalue weighted by Gasteiger charge is 2.32. The number of carboxylic acid groups (broad SMARTS) is 1. The standard InChI is InChI=1S/C12H12FNO3S/c13-8-3-1-2-7(4-8)5-10-11(15)14-9(6-18-10)12(16)17/h1-4,9-10H,5-6H2,(H,14,15)(H,16,17)/t9-,10-/m1/s1. The third-order valence-corrected chi connectivity index (χ3v) is 3.99. The summed E-state index contributed by atoms with van der Waals surface area (Å²) in [5, 5.41) is 10.9. The Balaban J connectivity index is 1.99. The van der Waals surface area contributed by atoms with Crippen LogP contribution >= 0.6 is 11.8 Å². The molecule has 1 aliphatic heterocycles. The predicted molar refractivity (Wildman–Crippen MR) is 65.9 cm³/mol. The minimum atomic E-state index is -1.03. The van der Waals surface area contributed by atoms with Gasteiger partial charge in [-0.1, -0.05) is 12.1 Å². The van der Waals surface area contributed by atoms with E-state index < -0.39 is 12.0 Å². The molecule has 1 aromatic rings. The Kier molecular flexibility index (Phi) is 3.86. The number of rotatable bonds is 3. The molecule has 0 saturated carbocycles. The van der Waals surface area contributed by atoms with Crippen LogP contribution in [0.4, 0.5) is 4.39 Å². The summed E-state index contributed by atoms with van der Waals surface area (Å²) in [6.07, 6.45) is 0.403. The summed E-state index contributed by atoms with van der Waals surface area (Å²) in [5.74, 6) is -1.33. The van der Waals surface area contributed by atoms with E-state index in [1.165, 1.54) is 23.9 Å². The summed E-state index contributed by atoms with van der Waals surface area (Å²) in [5.41, 5.74) is 0.733. The van der Waals surface area contributed by atoms with Crippen molar-refractivity contribution in [2.75, 3.05) is 5.75 Å². The summed E-state index contributed by atoms with van der Waals surface area (Å²) in [6, 6.07) is 5.25. The second-order valence-electron chi connectivity index (χ2n) is 4.06. The van der Waals surface area contributed by atoms with Crippen molar-refractivity contribution in [1.82, 2.24) is 5.32 Å². The Morgan fingerprint density at radius 3 is 2.94 bits per heavy atom. The lowest BCUT2D eigenvalue weighted by atomic mass is 10.1. The number of nitrogens with one attached hydrogen (secondary N) is 1. The van der Waals surface area contributed by atoms with E-state index in [9.17, 15) is 14.0 Å². The molecule has 1 aromatic carbocycles. The zero-order chi connectivity index (χ0) is 13.1. The molecular weight excluding hydrogens is 257 g/mol. The number of benzene rings is 1. The largest absolute Gasteiger partial charge is 0.480 e. The first-order valence-electron chi connectivity index (χ1n) is 5.45. The molecule has 2 N–H and O–H groups in total. The van der Waals surface area contributed by atoms with Crippen molar-refractivity contribution in [2.24, 2.45) is 0 Å². The first kappa shape index (κ1) is 12.9. The van der Waals surface area contributed by atoms with Gasteiger partial charge in [0.2, 0.25) is 5.91 Å². The Labute approximate surface area is 108 Å². The fourth-order valence-corrected chi connectivity index (χ4v) is 2.94. The van der Waals surface area contributed by atoms with E-state index in [1.54, 1.807) is 12.1 Å². The minimum absolute atomic E-state index is 0.303. The number of halogens is 1. The van der Waals surface area contributed by atoms with Crippen LogP contribution < -0.4 is 5.32 Å². The smallest absolute Gasteiger partial charge is 0.327 e. The highest BCUT2D eigenvalue weighted by Crippen LogP contribution is 2.22. The number of hydrogen-bond donors (Lipinski definition) is 2. The van der Waals surface area contributed by atoms with Crippen LogP contribution in [-0.4, -0.2) is 34.0 Å². The van der Waals surface area contributed by atoms with Crippen LogP contribution in [-0.2, 0) is 16.0 Å². The van der Waals surface area contributed by atoms with E-state index in [2.05, 4.69) is 5.32 Å². The lowest BCUT2D eigenvalue weighted by Gasteiger charge is -2.26. The van der Waals surface area contributed by atoms with Gasteiger partial charge in [-0.25, -0.2) is 9.18 Å². The van der Waals surface area contributed by atoms with Gasteiger partial charge in [-0.15, -0.1) is 11.8 Å². The topological polar surface area (TPSA) is 66.4 Å². The van der Waals surface area contributed by atoms with E-state index in [0.717, 1.165) is 5.56 Å². The molecule has 96 valence electrons. The zero-order valence-electron chi connectivity index (χ0n) is 9.43. The molecule has 6 heteroatoms. The van der Waals surface area contributed by atoms with Crippen molar-refractivity contribution in [3.63, 3.8) is 0 Å². The second kappa shape index (κ2) is 5.39. The van der Waals surface area contributed by atoms with E-state index in [1.807, 2.05) is 0 Å². The molecule has 2 rings (SSSR count). The van der Waals surface area contributed by atoms with Crippen LogP contribution in [0.3, 0.4) is 0 Å². The van der Waals surface area contributed by atoms with Crippen LogP contribution in [0, 0.1) is 5.82 Å². The van der Waals surface area contributed by atoms with Gasteiger partial charge in [-0.3, -0.25) is 4.79 Å². The number of hydrogen-bond acceptors (Lipinski definition) is 3. The molecule has 0 aromatic heterocycles. The van der Waals surface area contributed by atoms with Crippen LogP contribution in [0.25, 0.3) is 0 Å².